The van der Waals surface area contributed by atoms with Crippen molar-refractivity contribution in [2.45, 2.75) is 32.6 Å². The van der Waals surface area contributed by atoms with Crippen LogP contribution in [0.15, 0.2) is 12.4 Å². The highest BCUT2D eigenvalue weighted by molar-refractivity contribution is 6.05. The summed E-state index contributed by atoms with van der Waals surface area (Å²) in [6, 6.07) is -0.441. The molecule has 0 unspecified atom stereocenters. The highest BCUT2D eigenvalue weighted by atomic mass is 16.2. The van der Waals surface area contributed by atoms with Gasteiger partial charge < -0.3 is 0 Å². The van der Waals surface area contributed by atoms with Gasteiger partial charge in [0.1, 0.15) is 0 Å². The molecule has 1 N–H and O–H groups in total. The zero-order chi connectivity index (χ0) is 13.3. The van der Waals surface area contributed by atoms with Crippen LogP contribution < -0.4 is 10.2 Å². The number of imide groups is 1. The van der Waals surface area contributed by atoms with E-state index in [9.17, 15) is 9.59 Å². The Hall–Kier alpha value is -1.98. The summed E-state index contributed by atoms with van der Waals surface area (Å²) in [5.74, 6) is 0.212. The van der Waals surface area contributed by atoms with Gasteiger partial charge >= 0.3 is 6.03 Å². The highest BCUT2D eigenvalue weighted by Crippen LogP contribution is 2.20. The Bertz CT molecular complexity index is 476. The lowest BCUT2D eigenvalue weighted by molar-refractivity contribution is -0.120. The van der Waals surface area contributed by atoms with Crippen LogP contribution >= 0.6 is 0 Å². The van der Waals surface area contributed by atoms with Crippen LogP contribution in [0.3, 0.4) is 0 Å². The molecule has 1 aliphatic rings. The topological polar surface area (TPSA) is 75.2 Å². The molecule has 2 rings (SSSR count). The predicted octanol–water partition coefficient (Wildman–Crippen LogP) is 1.22. The highest BCUT2D eigenvalue weighted by Gasteiger charge is 2.25. The number of amides is 3. The Labute approximate surface area is 105 Å². The Morgan fingerprint density at radius 3 is 2.44 bits per heavy atom. The number of carbonyl (C=O) groups is 2. The number of urea groups is 1. The minimum absolute atomic E-state index is 0.0777. The molecule has 0 spiro atoms. The number of hydrogen-bond donors (Lipinski definition) is 1. The lowest BCUT2D eigenvalue weighted by Gasteiger charge is -2.26. The van der Waals surface area contributed by atoms with E-state index < -0.39 is 6.03 Å². The average Bonchev–Trinajstić information content (AvgIpc) is 2.28. The third-order valence-corrected chi connectivity index (χ3v) is 2.74. The fourth-order valence-electron chi connectivity index (χ4n) is 1.63. The molecule has 3 amide bonds. The van der Waals surface area contributed by atoms with Crippen molar-refractivity contribution < 1.29 is 9.59 Å². The smallest absolute Gasteiger partial charge is 0.278 e. The average molecular weight is 248 g/mol. The molecule has 1 aromatic heterocycles. The second-order valence-corrected chi connectivity index (χ2v) is 5.26. The second kappa shape index (κ2) is 4.36. The largest absolute Gasteiger partial charge is 0.329 e. The Morgan fingerprint density at radius 1 is 1.22 bits per heavy atom. The molecule has 0 radical (unpaired) electrons. The number of nitrogens with zero attached hydrogens (tertiary/aromatic N) is 3. The first-order valence-corrected chi connectivity index (χ1v) is 5.82. The lowest BCUT2D eigenvalue weighted by Crippen LogP contribution is -2.50. The van der Waals surface area contributed by atoms with E-state index in [2.05, 4.69) is 15.3 Å². The molecule has 0 bridgehead atoms. The first kappa shape index (κ1) is 12.5. The summed E-state index contributed by atoms with van der Waals surface area (Å²) >= 11 is 0. The van der Waals surface area contributed by atoms with Crippen LogP contribution in [-0.4, -0.2) is 28.5 Å². The van der Waals surface area contributed by atoms with Crippen LogP contribution in [0.4, 0.5) is 10.6 Å². The van der Waals surface area contributed by atoms with Crippen molar-refractivity contribution in [3.8, 4) is 0 Å². The number of nitrogens with one attached hydrogen (secondary N) is 1. The molecule has 1 aromatic rings. The van der Waals surface area contributed by atoms with Crippen molar-refractivity contribution in [3.63, 3.8) is 0 Å². The van der Waals surface area contributed by atoms with E-state index >= 15 is 0 Å². The molecule has 18 heavy (non-hydrogen) atoms. The summed E-state index contributed by atoms with van der Waals surface area (Å²) < 4.78 is 0. The summed E-state index contributed by atoms with van der Waals surface area (Å²) in [5, 5.41) is 2.25. The zero-order valence-electron chi connectivity index (χ0n) is 10.7. The molecule has 1 saturated heterocycles. The van der Waals surface area contributed by atoms with E-state index in [0.717, 1.165) is 5.69 Å². The van der Waals surface area contributed by atoms with Crippen LogP contribution in [-0.2, 0) is 10.2 Å². The van der Waals surface area contributed by atoms with Crippen LogP contribution in [0.5, 0.6) is 0 Å². The molecule has 0 aromatic carbocycles. The van der Waals surface area contributed by atoms with E-state index in [0.29, 0.717) is 12.4 Å². The number of hydrogen-bond acceptors (Lipinski definition) is 4. The van der Waals surface area contributed by atoms with E-state index in [1.807, 2.05) is 20.8 Å². The van der Waals surface area contributed by atoms with Crippen molar-refractivity contribution >= 4 is 17.8 Å². The third-order valence-electron chi connectivity index (χ3n) is 2.74. The van der Waals surface area contributed by atoms with Crippen molar-refractivity contribution in [1.82, 2.24) is 15.3 Å². The van der Waals surface area contributed by atoms with Crippen LogP contribution in [0.25, 0.3) is 0 Å². The maximum Gasteiger partial charge on any atom is 0.329 e. The van der Waals surface area contributed by atoms with E-state index in [-0.39, 0.29) is 17.7 Å². The number of anilines is 1. The van der Waals surface area contributed by atoms with Crippen molar-refractivity contribution in [1.29, 1.82) is 0 Å². The summed E-state index contributed by atoms with van der Waals surface area (Å²) in [4.78, 5) is 32.6. The first-order chi connectivity index (χ1) is 8.38. The van der Waals surface area contributed by atoms with Gasteiger partial charge in [-0.3, -0.25) is 20.0 Å². The van der Waals surface area contributed by atoms with Gasteiger partial charge in [-0.15, -0.1) is 0 Å². The van der Waals surface area contributed by atoms with Crippen molar-refractivity contribution in [3.05, 3.63) is 18.1 Å². The Morgan fingerprint density at radius 2 is 1.94 bits per heavy atom. The van der Waals surface area contributed by atoms with Gasteiger partial charge in [-0.25, -0.2) is 9.78 Å². The quantitative estimate of drug-likeness (QED) is 0.810. The number of aromatic nitrogens is 2. The summed E-state index contributed by atoms with van der Waals surface area (Å²) in [5.41, 5.74) is 0.783. The molecular weight excluding hydrogens is 232 g/mol. The van der Waals surface area contributed by atoms with Gasteiger partial charge in [0, 0.05) is 18.4 Å². The fourth-order valence-corrected chi connectivity index (χ4v) is 1.63. The minimum atomic E-state index is -0.441. The monoisotopic (exact) mass is 248 g/mol. The van der Waals surface area contributed by atoms with E-state index in [1.165, 1.54) is 4.90 Å². The standard InChI is InChI=1S/C12H16N4O2/c1-12(2,3)8-6-14-9(7-13-8)16-5-4-10(17)15-11(16)18/h6-7H,4-5H2,1-3H3,(H,15,17,18). The summed E-state index contributed by atoms with van der Waals surface area (Å²) in [6.45, 7) is 6.48. The zero-order valence-corrected chi connectivity index (χ0v) is 10.7. The molecule has 0 saturated carbocycles. The van der Waals surface area contributed by atoms with Gasteiger partial charge in [0.05, 0.1) is 18.1 Å². The third kappa shape index (κ3) is 2.47. The van der Waals surface area contributed by atoms with Crippen LogP contribution in [0.2, 0.25) is 0 Å². The minimum Gasteiger partial charge on any atom is -0.278 e. The molecule has 1 fully saturated rings. The Kier molecular flexibility index (Phi) is 3.02. The van der Waals surface area contributed by atoms with Crippen molar-refractivity contribution in [2.24, 2.45) is 0 Å². The molecule has 96 valence electrons. The van der Waals surface area contributed by atoms with Crippen molar-refractivity contribution in [2.75, 3.05) is 11.4 Å². The molecule has 2 heterocycles. The summed E-state index contributed by atoms with van der Waals surface area (Å²) in [7, 11) is 0. The van der Waals surface area contributed by atoms with E-state index in [4.69, 9.17) is 0 Å². The molecular formula is C12H16N4O2. The van der Waals surface area contributed by atoms with E-state index in [1.54, 1.807) is 12.4 Å². The van der Waals surface area contributed by atoms with Crippen LogP contribution in [0.1, 0.15) is 32.9 Å². The molecule has 1 aliphatic heterocycles. The number of rotatable bonds is 1. The predicted molar refractivity (Wildman–Crippen MR) is 66.2 cm³/mol. The molecule has 6 nitrogen and oxygen atoms in total. The van der Waals surface area contributed by atoms with Gasteiger partial charge in [0.25, 0.3) is 0 Å². The van der Waals surface area contributed by atoms with Gasteiger partial charge in [-0.05, 0) is 0 Å². The van der Waals surface area contributed by atoms with Crippen LogP contribution in [0, 0.1) is 0 Å². The molecule has 6 heteroatoms. The van der Waals surface area contributed by atoms with Gasteiger partial charge in [-0.2, -0.15) is 0 Å². The normalized spacial score (nSPS) is 16.7. The van der Waals surface area contributed by atoms with Gasteiger partial charge in [-0.1, -0.05) is 20.8 Å². The number of carbonyl (C=O) groups excluding carboxylic acids is 2. The lowest BCUT2D eigenvalue weighted by atomic mass is 9.93. The van der Waals surface area contributed by atoms with Gasteiger partial charge in [0.2, 0.25) is 5.91 Å². The summed E-state index contributed by atoms with van der Waals surface area (Å²) in [6.07, 6.45) is 3.52. The molecule has 0 atom stereocenters. The maximum atomic E-state index is 11.6. The SMILES string of the molecule is CC(C)(C)c1cnc(N2CCC(=O)NC2=O)cn1. The van der Waals surface area contributed by atoms with Gasteiger partial charge in [0.15, 0.2) is 5.82 Å². The molecule has 0 aliphatic carbocycles. The first-order valence-electron chi connectivity index (χ1n) is 5.82. The fraction of sp³-hybridized carbons (Fsp3) is 0.500. The second-order valence-electron chi connectivity index (χ2n) is 5.26. The Balaban J connectivity index is 2.20. The maximum absolute atomic E-state index is 11.6.